The molecule has 7 nitrogen and oxygen atoms in total. The quantitative estimate of drug-likeness (QED) is 0.461. The fourth-order valence-corrected chi connectivity index (χ4v) is 5.16. The number of amides is 2. The second kappa shape index (κ2) is 10.2. The van der Waals surface area contributed by atoms with Crippen LogP contribution >= 0.6 is 0 Å². The van der Waals surface area contributed by atoms with Crippen molar-refractivity contribution in [2.45, 2.75) is 43.5 Å². The van der Waals surface area contributed by atoms with Crippen LogP contribution in [-0.2, 0) is 38.9 Å². The van der Waals surface area contributed by atoms with E-state index < -0.39 is 22.0 Å². The van der Waals surface area contributed by atoms with Gasteiger partial charge in [-0.3, -0.25) is 9.59 Å². The van der Waals surface area contributed by atoms with Gasteiger partial charge in [0, 0.05) is 17.8 Å². The molecule has 0 radical (unpaired) electrons. The van der Waals surface area contributed by atoms with Gasteiger partial charge in [0.2, 0.25) is 21.8 Å². The zero-order chi connectivity index (χ0) is 24.1. The number of rotatable bonds is 8. The second-order valence-electron chi connectivity index (χ2n) is 8.27. The molecule has 34 heavy (non-hydrogen) atoms. The van der Waals surface area contributed by atoms with Crippen molar-refractivity contribution in [1.29, 1.82) is 0 Å². The van der Waals surface area contributed by atoms with Gasteiger partial charge < -0.3 is 10.6 Å². The van der Waals surface area contributed by atoms with Gasteiger partial charge in [0.05, 0.1) is 4.90 Å². The van der Waals surface area contributed by atoms with E-state index in [1.807, 2.05) is 55.5 Å². The van der Waals surface area contributed by atoms with Crippen molar-refractivity contribution in [1.82, 2.24) is 4.72 Å². The summed E-state index contributed by atoms with van der Waals surface area (Å²) < 4.78 is 29.1. The van der Waals surface area contributed by atoms with Crippen LogP contribution in [-0.4, -0.2) is 26.3 Å². The molecule has 3 aromatic rings. The zero-order valence-corrected chi connectivity index (χ0v) is 19.7. The molecule has 1 aliphatic heterocycles. The van der Waals surface area contributed by atoms with Crippen molar-refractivity contribution in [3.05, 3.63) is 89.5 Å². The molecule has 2 amide bonds. The van der Waals surface area contributed by atoms with Crippen molar-refractivity contribution < 1.29 is 18.0 Å². The molecule has 0 fully saturated rings. The first-order chi connectivity index (χ1) is 16.3. The Morgan fingerprint density at radius 2 is 1.74 bits per heavy atom. The maximum atomic E-state index is 13.3. The minimum Gasteiger partial charge on any atom is -0.326 e. The minimum atomic E-state index is -4.00. The predicted molar refractivity (Wildman–Crippen MR) is 132 cm³/mol. The van der Waals surface area contributed by atoms with Crippen LogP contribution < -0.4 is 15.4 Å². The van der Waals surface area contributed by atoms with Crippen LogP contribution in [0, 0.1) is 0 Å². The summed E-state index contributed by atoms with van der Waals surface area (Å²) in [5, 5.41) is 5.60. The molecule has 0 saturated heterocycles. The molecule has 3 N–H and O–H groups in total. The minimum absolute atomic E-state index is 0.0567. The Hall–Kier alpha value is -3.49. The van der Waals surface area contributed by atoms with Crippen molar-refractivity contribution in [3.8, 4) is 0 Å². The van der Waals surface area contributed by atoms with Gasteiger partial charge in [-0.25, -0.2) is 8.42 Å². The lowest BCUT2D eigenvalue weighted by atomic mass is 10.0. The summed E-state index contributed by atoms with van der Waals surface area (Å²) in [5.41, 5.74) is 3.89. The van der Waals surface area contributed by atoms with Crippen LogP contribution in [0.25, 0.3) is 0 Å². The van der Waals surface area contributed by atoms with E-state index in [0.29, 0.717) is 24.2 Å². The molecule has 1 atom stereocenters. The number of carbonyl (C=O) groups excluding carboxylic acids is 2. The van der Waals surface area contributed by atoms with E-state index in [2.05, 4.69) is 15.4 Å². The van der Waals surface area contributed by atoms with Gasteiger partial charge in [0.25, 0.3) is 0 Å². The first-order valence-electron chi connectivity index (χ1n) is 11.2. The smallest absolute Gasteiger partial charge is 0.242 e. The number of nitrogens with one attached hydrogen (secondary N) is 3. The van der Waals surface area contributed by atoms with Gasteiger partial charge in [-0.05, 0) is 66.3 Å². The molecule has 8 heteroatoms. The topological polar surface area (TPSA) is 104 Å². The first-order valence-corrected chi connectivity index (χ1v) is 12.7. The van der Waals surface area contributed by atoms with Crippen LogP contribution in [0.15, 0.2) is 77.7 Å². The summed E-state index contributed by atoms with van der Waals surface area (Å²) in [5.74, 6) is -0.529. The molecule has 176 valence electrons. The molecule has 4 rings (SSSR count). The summed E-state index contributed by atoms with van der Waals surface area (Å²) in [6, 6.07) is 20.3. The third-order valence-corrected chi connectivity index (χ3v) is 7.25. The molecule has 0 aliphatic carbocycles. The number of benzene rings is 3. The summed E-state index contributed by atoms with van der Waals surface area (Å²) in [6.07, 6.45) is 1.79. The second-order valence-corrected chi connectivity index (χ2v) is 9.99. The molecular weight excluding hydrogens is 450 g/mol. The lowest BCUT2D eigenvalue weighted by Gasteiger charge is -2.21. The number of aryl methyl sites for hydroxylation is 2. The van der Waals surface area contributed by atoms with Gasteiger partial charge in [-0.15, -0.1) is 0 Å². The van der Waals surface area contributed by atoms with Crippen LogP contribution in [0.5, 0.6) is 0 Å². The summed E-state index contributed by atoms with van der Waals surface area (Å²) >= 11 is 0. The molecular formula is C26H27N3O4S. The lowest BCUT2D eigenvalue weighted by molar-refractivity contribution is -0.118. The maximum Gasteiger partial charge on any atom is 0.242 e. The molecule has 0 saturated carbocycles. The average molecular weight is 478 g/mol. The molecule has 0 spiro atoms. The summed E-state index contributed by atoms with van der Waals surface area (Å²) in [6.45, 7) is 2.03. The number of anilines is 2. The van der Waals surface area contributed by atoms with E-state index in [9.17, 15) is 18.0 Å². The third-order valence-electron chi connectivity index (χ3n) is 5.78. The molecule has 0 unspecified atom stereocenters. The number of hydrogen-bond donors (Lipinski definition) is 3. The van der Waals surface area contributed by atoms with E-state index in [1.165, 1.54) is 6.07 Å². The lowest BCUT2D eigenvalue weighted by Crippen LogP contribution is -2.45. The van der Waals surface area contributed by atoms with Crippen LogP contribution in [0.4, 0.5) is 11.4 Å². The molecule has 0 aromatic heterocycles. The first kappa shape index (κ1) is 23.7. The van der Waals surface area contributed by atoms with E-state index in [1.54, 1.807) is 18.2 Å². The highest BCUT2D eigenvalue weighted by Gasteiger charge is 2.27. The van der Waals surface area contributed by atoms with Crippen molar-refractivity contribution in [3.63, 3.8) is 0 Å². The molecule has 3 aromatic carbocycles. The predicted octanol–water partition coefficient (Wildman–Crippen LogP) is 3.66. The van der Waals surface area contributed by atoms with E-state index >= 15 is 0 Å². The third kappa shape index (κ3) is 5.70. The van der Waals surface area contributed by atoms with Gasteiger partial charge in [0.15, 0.2) is 0 Å². The molecule has 1 aliphatic rings. The summed E-state index contributed by atoms with van der Waals surface area (Å²) in [7, 11) is -4.00. The number of fused-ring (bicyclic) bond motifs is 1. The molecule has 1 heterocycles. The highest BCUT2D eigenvalue weighted by molar-refractivity contribution is 7.89. The van der Waals surface area contributed by atoms with Crippen LogP contribution in [0.1, 0.15) is 30.0 Å². The largest absolute Gasteiger partial charge is 0.326 e. The Labute approximate surface area is 199 Å². The van der Waals surface area contributed by atoms with Gasteiger partial charge in [0.1, 0.15) is 6.04 Å². The van der Waals surface area contributed by atoms with Crippen LogP contribution in [0.3, 0.4) is 0 Å². The SMILES string of the molecule is CCc1cccc(NC(=O)[C@@H](Cc2ccccc2)NS(=O)(=O)c2ccc3c(c2)CCC(=O)N3)c1. The zero-order valence-electron chi connectivity index (χ0n) is 18.9. The average Bonchev–Trinajstić information content (AvgIpc) is 2.84. The fourth-order valence-electron chi connectivity index (χ4n) is 3.92. The Bertz CT molecular complexity index is 1310. The maximum absolute atomic E-state index is 13.3. The van der Waals surface area contributed by atoms with Gasteiger partial charge in [-0.1, -0.05) is 49.4 Å². The van der Waals surface area contributed by atoms with Crippen molar-refractivity contribution >= 4 is 33.2 Å². The van der Waals surface area contributed by atoms with E-state index in [-0.39, 0.29) is 17.2 Å². The van der Waals surface area contributed by atoms with Crippen molar-refractivity contribution in [2.75, 3.05) is 10.6 Å². The van der Waals surface area contributed by atoms with E-state index in [4.69, 9.17) is 0 Å². The van der Waals surface area contributed by atoms with Crippen LogP contribution in [0.2, 0.25) is 0 Å². The van der Waals surface area contributed by atoms with Crippen molar-refractivity contribution in [2.24, 2.45) is 0 Å². The summed E-state index contributed by atoms with van der Waals surface area (Å²) in [4.78, 5) is 24.9. The Morgan fingerprint density at radius 3 is 2.50 bits per heavy atom. The highest BCUT2D eigenvalue weighted by Crippen LogP contribution is 2.26. The number of carbonyl (C=O) groups is 2. The Morgan fingerprint density at radius 1 is 0.971 bits per heavy atom. The van der Waals surface area contributed by atoms with Gasteiger partial charge >= 0.3 is 0 Å². The van der Waals surface area contributed by atoms with Gasteiger partial charge in [-0.2, -0.15) is 4.72 Å². The number of sulfonamides is 1. The standard InChI is InChI=1S/C26H27N3O4S/c1-2-18-9-6-10-21(15-18)27-26(31)24(16-19-7-4-3-5-8-19)29-34(32,33)22-12-13-23-20(17-22)11-14-25(30)28-23/h3-10,12-13,15,17,24,29H,2,11,14,16H2,1H3,(H,27,31)(H,28,30)/t24-/m1/s1. The molecule has 0 bridgehead atoms. The highest BCUT2D eigenvalue weighted by atomic mass is 32.2. The Kier molecular flexibility index (Phi) is 7.09. The number of hydrogen-bond acceptors (Lipinski definition) is 4. The Balaban J connectivity index is 1.59. The normalized spacial score (nSPS) is 14.1. The van der Waals surface area contributed by atoms with E-state index in [0.717, 1.165) is 23.1 Å². The fraction of sp³-hybridized carbons (Fsp3) is 0.231. The monoisotopic (exact) mass is 477 g/mol.